The van der Waals surface area contributed by atoms with Crippen LogP contribution in [0.15, 0.2) is 23.8 Å². The summed E-state index contributed by atoms with van der Waals surface area (Å²) in [5, 5.41) is 0. The molecule has 5 rings (SSSR count). The molecule has 6 heteroatoms. The quantitative estimate of drug-likeness (QED) is 0.420. The lowest BCUT2D eigenvalue weighted by atomic mass is 9.46. The molecule has 0 N–H and O–H groups in total. The maximum atomic E-state index is 12.3. The number of ketones is 1. The number of esters is 2. The predicted octanol–water partition coefficient (Wildman–Crippen LogP) is 5.98. The van der Waals surface area contributed by atoms with Crippen LogP contribution in [0.1, 0.15) is 93.9 Å². The van der Waals surface area contributed by atoms with E-state index in [1.807, 2.05) is 20.8 Å². The first-order valence-electron chi connectivity index (χ1n) is 14.6. The van der Waals surface area contributed by atoms with Crippen molar-refractivity contribution in [3.05, 3.63) is 23.8 Å². The Hall–Kier alpha value is -1.95. The minimum Gasteiger partial charge on any atom is -0.462 e. The van der Waals surface area contributed by atoms with Crippen LogP contribution < -0.4 is 0 Å². The zero-order valence-electron chi connectivity index (χ0n) is 24.5. The first-order chi connectivity index (χ1) is 17.6. The highest BCUT2D eigenvalue weighted by Gasteiger charge is 2.64. The van der Waals surface area contributed by atoms with E-state index in [0.29, 0.717) is 36.5 Å². The van der Waals surface area contributed by atoms with Gasteiger partial charge in [0.05, 0.1) is 6.10 Å². The third-order valence-electron chi connectivity index (χ3n) is 11.8. The van der Waals surface area contributed by atoms with Gasteiger partial charge in [-0.1, -0.05) is 32.4 Å². The van der Waals surface area contributed by atoms with Crippen LogP contribution in [0.5, 0.6) is 0 Å². The van der Waals surface area contributed by atoms with Crippen molar-refractivity contribution in [2.75, 3.05) is 0 Å². The van der Waals surface area contributed by atoms with Crippen LogP contribution >= 0.6 is 0 Å². The van der Waals surface area contributed by atoms with Crippen LogP contribution in [-0.4, -0.2) is 41.1 Å². The zero-order chi connectivity index (χ0) is 27.8. The molecule has 1 heterocycles. The second-order valence-electron chi connectivity index (χ2n) is 14.1. The summed E-state index contributed by atoms with van der Waals surface area (Å²) < 4.78 is 18.5. The number of fused-ring (bicyclic) bond motifs is 5. The van der Waals surface area contributed by atoms with E-state index in [-0.39, 0.29) is 46.7 Å². The largest absolute Gasteiger partial charge is 0.462 e. The fraction of sp³-hybridized carbons (Fsp3) is 0.781. The number of hydrogen-bond acceptors (Lipinski definition) is 6. The van der Waals surface area contributed by atoms with Crippen molar-refractivity contribution in [1.82, 2.24) is 0 Å². The molecule has 0 bridgehead atoms. The van der Waals surface area contributed by atoms with Crippen molar-refractivity contribution in [2.45, 2.75) is 117 Å². The molecule has 4 aliphatic carbocycles. The molecular formula is C32H46O6. The maximum absolute atomic E-state index is 12.3. The molecule has 10 atom stereocenters. The number of allylic oxidation sites excluding steroid dienone is 3. The van der Waals surface area contributed by atoms with Crippen LogP contribution in [-0.2, 0) is 28.6 Å². The van der Waals surface area contributed by atoms with Gasteiger partial charge in [0.25, 0.3) is 0 Å². The molecule has 5 aliphatic rings. The highest BCUT2D eigenvalue weighted by atomic mass is 16.6. The number of carbonyl (C=O) groups is 3. The normalized spacial score (nSPS) is 45.9. The zero-order valence-corrected chi connectivity index (χ0v) is 24.5. The Morgan fingerprint density at radius 2 is 1.74 bits per heavy atom. The average Bonchev–Trinajstić information content (AvgIpc) is 3.26. The van der Waals surface area contributed by atoms with Gasteiger partial charge in [-0.05, 0) is 87.7 Å². The van der Waals surface area contributed by atoms with Crippen molar-refractivity contribution >= 4 is 17.7 Å². The monoisotopic (exact) mass is 526 g/mol. The van der Waals surface area contributed by atoms with Gasteiger partial charge in [0.1, 0.15) is 17.3 Å². The minimum absolute atomic E-state index is 0.0163. The van der Waals surface area contributed by atoms with Gasteiger partial charge >= 0.3 is 11.9 Å². The van der Waals surface area contributed by atoms with E-state index in [1.165, 1.54) is 13.8 Å². The van der Waals surface area contributed by atoms with Crippen molar-refractivity contribution in [3.63, 3.8) is 0 Å². The van der Waals surface area contributed by atoms with Crippen molar-refractivity contribution < 1.29 is 28.6 Å². The smallest absolute Gasteiger partial charge is 0.303 e. The van der Waals surface area contributed by atoms with Crippen LogP contribution in [0.25, 0.3) is 0 Å². The fourth-order valence-electron chi connectivity index (χ4n) is 9.59. The molecule has 210 valence electrons. The third kappa shape index (κ3) is 4.12. The molecule has 0 aromatic rings. The van der Waals surface area contributed by atoms with E-state index in [2.05, 4.69) is 26.8 Å². The Bertz CT molecular complexity index is 1090. The van der Waals surface area contributed by atoms with Crippen LogP contribution in [0.4, 0.5) is 0 Å². The van der Waals surface area contributed by atoms with E-state index in [0.717, 1.165) is 31.3 Å². The Balaban J connectivity index is 1.43. The number of ether oxygens (including phenoxy) is 3. The second kappa shape index (κ2) is 9.04. The summed E-state index contributed by atoms with van der Waals surface area (Å²) in [6.45, 7) is 16.1. The SMILES string of the molecule is CC(=O)OC1CC2=CC(=O)C=CC2(C)C2CCC3(C)C(C(C)C4CC(C)(OC(C)=O)C(C)(C)O4)CCC3C12. The van der Waals surface area contributed by atoms with Crippen LogP contribution in [0.3, 0.4) is 0 Å². The Labute approximate surface area is 227 Å². The summed E-state index contributed by atoms with van der Waals surface area (Å²) in [5.74, 6) is 1.37. The van der Waals surface area contributed by atoms with Gasteiger partial charge in [0, 0.05) is 38.0 Å². The van der Waals surface area contributed by atoms with Gasteiger partial charge < -0.3 is 14.2 Å². The summed E-state index contributed by atoms with van der Waals surface area (Å²) in [7, 11) is 0. The molecule has 10 unspecified atom stereocenters. The fourth-order valence-corrected chi connectivity index (χ4v) is 9.59. The molecule has 0 amide bonds. The molecule has 0 aromatic carbocycles. The molecule has 0 spiro atoms. The molecule has 0 radical (unpaired) electrons. The standard InChI is InChI=1S/C32H46O6/c1-18(27-17-32(8,37-20(3)34)29(4,5)38-27)23-9-10-24-28-25(12-14-31(23,24)7)30(6)13-11-22(35)15-21(30)16-26(28)36-19(2)33/h11,13,15,18,23-28H,9-10,12,14,16-17H2,1-8H3. The van der Waals surface area contributed by atoms with E-state index in [4.69, 9.17) is 14.2 Å². The summed E-state index contributed by atoms with van der Waals surface area (Å²) >= 11 is 0. The highest BCUT2D eigenvalue weighted by molar-refractivity contribution is 6.01. The van der Waals surface area contributed by atoms with Crippen LogP contribution in [0, 0.1) is 40.4 Å². The number of carbonyl (C=O) groups excluding carboxylic acids is 3. The van der Waals surface area contributed by atoms with Gasteiger partial charge in [-0.25, -0.2) is 0 Å². The first-order valence-corrected chi connectivity index (χ1v) is 14.6. The molecule has 6 nitrogen and oxygen atoms in total. The van der Waals surface area contributed by atoms with Gasteiger partial charge in [-0.3, -0.25) is 14.4 Å². The van der Waals surface area contributed by atoms with Gasteiger partial charge in [0.2, 0.25) is 0 Å². The molecule has 0 aromatic heterocycles. The Morgan fingerprint density at radius 3 is 2.39 bits per heavy atom. The third-order valence-corrected chi connectivity index (χ3v) is 11.8. The summed E-state index contributed by atoms with van der Waals surface area (Å²) in [4.78, 5) is 36.4. The van der Waals surface area contributed by atoms with Crippen LogP contribution in [0.2, 0.25) is 0 Å². The lowest BCUT2D eigenvalue weighted by molar-refractivity contribution is -0.174. The van der Waals surface area contributed by atoms with Crippen molar-refractivity contribution in [2.24, 2.45) is 40.4 Å². The Morgan fingerprint density at radius 1 is 1.03 bits per heavy atom. The van der Waals surface area contributed by atoms with Gasteiger partial charge in [-0.15, -0.1) is 0 Å². The van der Waals surface area contributed by atoms with E-state index < -0.39 is 11.2 Å². The van der Waals surface area contributed by atoms with Gasteiger partial charge in [-0.2, -0.15) is 0 Å². The molecular weight excluding hydrogens is 480 g/mol. The lowest BCUT2D eigenvalue weighted by Crippen LogP contribution is -2.56. The Kier molecular flexibility index (Phi) is 6.57. The van der Waals surface area contributed by atoms with E-state index >= 15 is 0 Å². The first kappa shape index (κ1) is 27.6. The molecule has 3 saturated carbocycles. The maximum Gasteiger partial charge on any atom is 0.303 e. The lowest BCUT2D eigenvalue weighted by Gasteiger charge is -2.59. The summed E-state index contributed by atoms with van der Waals surface area (Å²) in [6, 6.07) is 0. The summed E-state index contributed by atoms with van der Waals surface area (Å²) in [5.41, 5.74) is -0.140. The minimum atomic E-state index is -0.653. The van der Waals surface area contributed by atoms with Crippen molar-refractivity contribution in [1.29, 1.82) is 0 Å². The molecule has 38 heavy (non-hydrogen) atoms. The second-order valence-corrected chi connectivity index (χ2v) is 14.1. The van der Waals surface area contributed by atoms with Gasteiger partial charge in [0.15, 0.2) is 5.78 Å². The number of hydrogen-bond donors (Lipinski definition) is 0. The molecule has 1 saturated heterocycles. The van der Waals surface area contributed by atoms with E-state index in [9.17, 15) is 14.4 Å². The van der Waals surface area contributed by atoms with Crippen molar-refractivity contribution in [3.8, 4) is 0 Å². The predicted molar refractivity (Wildman–Crippen MR) is 144 cm³/mol. The molecule has 1 aliphatic heterocycles. The topological polar surface area (TPSA) is 78.9 Å². The summed E-state index contributed by atoms with van der Waals surface area (Å²) in [6.07, 6.45) is 11.2. The average molecular weight is 527 g/mol. The van der Waals surface area contributed by atoms with E-state index in [1.54, 1.807) is 12.2 Å². The molecule has 4 fully saturated rings. The number of rotatable bonds is 4. The highest BCUT2D eigenvalue weighted by Crippen LogP contribution is 2.68.